The molecule has 43 heavy (non-hydrogen) atoms. The third-order valence-electron chi connectivity index (χ3n) is 8.72. The van der Waals surface area contributed by atoms with Gasteiger partial charge in [-0.1, -0.05) is 6.92 Å². The van der Waals surface area contributed by atoms with E-state index in [4.69, 9.17) is 10.5 Å². The molecule has 228 valence electrons. The van der Waals surface area contributed by atoms with Gasteiger partial charge in [0.1, 0.15) is 17.3 Å². The van der Waals surface area contributed by atoms with Gasteiger partial charge in [0, 0.05) is 44.5 Å². The molecule has 1 saturated heterocycles. The Labute approximate surface area is 247 Å². The molecule has 3 N–H and O–H groups in total. The Morgan fingerprint density at radius 3 is 2.49 bits per heavy atom. The highest BCUT2D eigenvalue weighted by molar-refractivity contribution is 7.91. The van der Waals surface area contributed by atoms with E-state index >= 15 is 13.2 Å². The van der Waals surface area contributed by atoms with Crippen molar-refractivity contribution in [1.29, 1.82) is 0 Å². The molecule has 4 aromatic rings. The van der Waals surface area contributed by atoms with Crippen LogP contribution in [0, 0.1) is 17.6 Å². The summed E-state index contributed by atoms with van der Waals surface area (Å²) in [7, 11) is -3.30. The summed E-state index contributed by atoms with van der Waals surface area (Å²) in [5.41, 5.74) is 6.22. The predicted molar refractivity (Wildman–Crippen MR) is 156 cm³/mol. The Kier molecular flexibility index (Phi) is 7.68. The summed E-state index contributed by atoms with van der Waals surface area (Å²) in [6, 6.07) is 6.55. The minimum Gasteiger partial charge on any atom is -0.381 e. The van der Waals surface area contributed by atoms with Crippen molar-refractivity contribution in [3.05, 3.63) is 71.7 Å². The zero-order valence-corrected chi connectivity index (χ0v) is 24.6. The largest absolute Gasteiger partial charge is 0.381 e. The number of ether oxygens (including phenoxy) is 1. The van der Waals surface area contributed by atoms with E-state index in [1.165, 1.54) is 16.8 Å². The summed E-state index contributed by atoms with van der Waals surface area (Å²) < 4.78 is 77.4. The third kappa shape index (κ3) is 5.61. The second kappa shape index (κ2) is 11.2. The monoisotopic (exact) mass is 614 g/mol. The lowest BCUT2D eigenvalue weighted by molar-refractivity contribution is -0.0117. The Balaban J connectivity index is 1.31. The molecule has 9 nitrogen and oxygen atoms in total. The van der Waals surface area contributed by atoms with Crippen LogP contribution in [0.1, 0.15) is 49.7 Å². The summed E-state index contributed by atoms with van der Waals surface area (Å²) in [5.74, 6) is -1.71. The standard InChI is InChI=1S/C30H33F3N6O3S/c1-17-11-18(12-24(34)28(17)43(2,40)41)21-5-8-35-16-26(21)37-29-36-15-20-3-4-25(38-39(20)29)27-22(31)13-19(14-23(27)32)30(33)6-9-42-10-7-30/h3-5,8,13-18,24,28H,6-7,9-12,34H2,1-2H3,(H,36,37)/t17-,18+,24+,28-/m0/s1. The Hall–Kier alpha value is -3.55. The molecule has 0 radical (unpaired) electrons. The molecule has 0 amide bonds. The first-order chi connectivity index (χ1) is 20.4. The lowest BCUT2D eigenvalue weighted by atomic mass is 9.76. The second-order valence-corrected chi connectivity index (χ2v) is 13.9. The molecule has 1 aliphatic heterocycles. The van der Waals surface area contributed by atoms with Crippen LogP contribution in [0.15, 0.2) is 48.9 Å². The third-order valence-corrected chi connectivity index (χ3v) is 10.5. The number of nitrogens with one attached hydrogen (secondary N) is 1. The van der Waals surface area contributed by atoms with E-state index in [1.54, 1.807) is 24.7 Å². The van der Waals surface area contributed by atoms with Crippen LogP contribution in [0.3, 0.4) is 0 Å². The maximum atomic E-state index is 15.4. The number of nitrogens with two attached hydrogens (primary N) is 1. The fourth-order valence-electron chi connectivity index (χ4n) is 6.71. The molecule has 2 aliphatic rings. The normalized spacial score (nSPS) is 24.2. The topological polar surface area (TPSA) is 124 Å². The quantitative estimate of drug-likeness (QED) is 0.310. The highest BCUT2D eigenvalue weighted by atomic mass is 32.2. The van der Waals surface area contributed by atoms with E-state index in [2.05, 4.69) is 20.4 Å². The first-order valence-electron chi connectivity index (χ1n) is 14.2. The molecule has 13 heteroatoms. The number of hydrogen-bond donors (Lipinski definition) is 2. The number of fused-ring (bicyclic) bond motifs is 1. The Bertz CT molecular complexity index is 1740. The molecule has 2 fully saturated rings. The number of sulfone groups is 1. The van der Waals surface area contributed by atoms with Gasteiger partial charge < -0.3 is 15.8 Å². The van der Waals surface area contributed by atoms with Crippen LogP contribution >= 0.6 is 0 Å². The van der Waals surface area contributed by atoms with E-state index in [0.29, 0.717) is 24.0 Å². The number of nitrogens with zero attached hydrogens (tertiary/aromatic N) is 4. The van der Waals surface area contributed by atoms with Crippen LogP contribution in [0.25, 0.3) is 16.8 Å². The maximum absolute atomic E-state index is 15.4. The highest BCUT2D eigenvalue weighted by Gasteiger charge is 2.40. The van der Waals surface area contributed by atoms with E-state index in [-0.39, 0.29) is 60.7 Å². The lowest BCUT2D eigenvalue weighted by Gasteiger charge is -2.38. The number of aromatic nitrogens is 4. The maximum Gasteiger partial charge on any atom is 0.229 e. The molecule has 0 unspecified atom stereocenters. The SMILES string of the molecule is C[C@H]1C[C@@H](c2ccncc2Nc2ncc3ccc(-c4c(F)cc(C5(F)CCOCC5)cc4F)nn23)C[C@@H](N)[C@H]1S(C)(=O)=O. The first-order valence-corrected chi connectivity index (χ1v) is 16.2. The minimum absolute atomic E-state index is 0.0142. The zero-order chi connectivity index (χ0) is 30.5. The van der Waals surface area contributed by atoms with Crippen molar-refractivity contribution in [2.45, 2.75) is 55.5 Å². The molecule has 4 atom stereocenters. The molecule has 0 bridgehead atoms. The van der Waals surface area contributed by atoms with E-state index < -0.39 is 38.4 Å². The van der Waals surface area contributed by atoms with Gasteiger partial charge in [0.25, 0.3) is 0 Å². The van der Waals surface area contributed by atoms with Crippen molar-refractivity contribution in [2.75, 3.05) is 24.8 Å². The van der Waals surface area contributed by atoms with Gasteiger partial charge in [-0.15, -0.1) is 0 Å². The van der Waals surface area contributed by atoms with Gasteiger partial charge in [0.2, 0.25) is 5.95 Å². The van der Waals surface area contributed by atoms with Crippen molar-refractivity contribution in [1.82, 2.24) is 19.6 Å². The summed E-state index contributed by atoms with van der Waals surface area (Å²) >= 11 is 0. The van der Waals surface area contributed by atoms with Crippen LogP contribution < -0.4 is 11.1 Å². The van der Waals surface area contributed by atoms with Gasteiger partial charge in [-0.3, -0.25) is 4.98 Å². The molecule has 0 spiro atoms. The Morgan fingerprint density at radius 1 is 1.09 bits per heavy atom. The van der Waals surface area contributed by atoms with Crippen LogP contribution in [-0.4, -0.2) is 58.8 Å². The average molecular weight is 615 g/mol. The zero-order valence-electron chi connectivity index (χ0n) is 23.8. The van der Waals surface area contributed by atoms with Crippen molar-refractivity contribution >= 4 is 27.0 Å². The lowest BCUT2D eigenvalue weighted by Crippen LogP contribution is -2.48. The molecule has 6 rings (SSSR count). The fraction of sp³-hybridized carbons (Fsp3) is 0.433. The summed E-state index contributed by atoms with van der Waals surface area (Å²) in [4.78, 5) is 8.67. The van der Waals surface area contributed by atoms with E-state index in [0.717, 1.165) is 17.7 Å². The first kappa shape index (κ1) is 29.5. The molecule has 3 aromatic heterocycles. The van der Waals surface area contributed by atoms with Gasteiger partial charge in [-0.2, -0.15) is 9.61 Å². The van der Waals surface area contributed by atoms with Crippen molar-refractivity contribution in [3.8, 4) is 11.3 Å². The molecule has 4 heterocycles. The molecule has 1 saturated carbocycles. The molecular weight excluding hydrogens is 581 g/mol. The van der Waals surface area contributed by atoms with Gasteiger partial charge >= 0.3 is 0 Å². The number of alkyl halides is 1. The van der Waals surface area contributed by atoms with Crippen molar-refractivity contribution in [2.24, 2.45) is 11.7 Å². The van der Waals surface area contributed by atoms with Gasteiger partial charge in [0.05, 0.1) is 40.1 Å². The number of benzene rings is 1. The number of imidazole rings is 1. The van der Waals surface area contributed by atoms with Crippen LogP contribution in [-0.2, 0) is 20.2 Å². The summed E-state index contributed by atoms with van der Waals surface area (Å²) in [6.45, 7) is 2.27. The van der Waals surface area contributed by atoms with Gasteiger partial charge in [-0.25, -0.2) is 26.6 Å². The summed E-state index contributed by atoms with van der Waals surface area (Å²) in [6.07, 6.45) is 7.26. The van der Waals surface area contributed by atoms with Crippen molar-refractivity contribution in [3.63, 3.8) is 0 Å². The van der Waals surface area contributed by atoms with Crippen LogP contribution in [0.4, 0.5) is 24.8 Å². The smallest absolute Gasteiger partial charge is 0.229 e. The number of halogens is 3. The van der Waals surface area contributed by atoms with E-state index in [1.807, 2.05) is 13.0 Å². The predicted octanol–water partition coefficient (Wildman–Crippen LogP) is 5.04. The van der Waals surface area contributed by atoms with Crippen molar-refractivity contribution < 1.29 is 26.3 Å². The average Bonchev–Trinajstić information content (AvgIpc) is 3.34. The molecular formula is C30H33F3N6O3S. The molecule has 1 aliphatic carbocycles. The number of rotatable bonds is 6. The van der Waals surface area contributed by atoms with Gasteiger partial charge in [-0.05, 0) is 66.1 Å². The van der Waals surface area contributed by atoms with E-state index in [9.17, 15) is 8.42 Å². The summed E-state index contributed by atoms with van der Waals surface area (Å²) in [5, 5.41) is 7.12. The second-order valence-electron chi connectivity index (χ2n) is 11.7. The Morgan fingerprint density at radius 2 is 1.81 bits per heavy atom. The highest BCUT2D eigenvalue weighted by Crippen LogP contribution is 2.42. The van der Waals surface area contributed by atoms with Gasteiger partial charge in [0.15, 0.2) is 9.84 Å². The molecule has 1 aromatic carbocycles. The van der Waals surface area contributed by atoms with Crippen LogP contribution in [0.2, 0.25) is 0 Å². The number of hydrogen-bond acceptors (Lipinski definition) is 8. The fourth-order valence-corrected chi connectivity index (χ4v) is 8.41. The number of anilines is 2. The number of pyridine rings is 1. The van der Waals surface area contributed by atoms with Crippen LogP contribution in [0.5, 0.6) is 0 Å². The minimum atomic E-state index is -3.30.